The molecule has 2 heterocycles. The smallest absolute Gasteiger partial charge is 0.220 e. The van der Waals surface area contributed by atoms with E-state index in [9.17, 15) is 4.79 Å². The van der Waals surface area contributed by atoms with Crippen LogP contribution in [0, 0.1) is 0 Å². The van der Waals surface area contributed by atoms with E-state index in [-0.39, 0.29) is 5.91 Å². The number of hydrogen-bond acceptors (Lipinski definition) is 3. The molecule has 2 aliphatic rings. The maximum Gasteiger partial charge on any atom is 0.220 e. The predicted molar refractivity (Wildman–Crippen MR) is 73.4 cm³/mol. The molecule has 0 aliphatic carbocycles. The van der Waals surface area contributed by atoms with Crippen LogP contribution >= 0.6 is 0 Å². The van der Waals surface area contributed by atoms with Crippen LogP contribution in [0.1, 0.15) is 24.0 Å². The van der Waals surface area contributed by atoms with Crippen molar-refractivity contribution in [1.82, 2.24) is 10.6 Å². The molecule has 0 aromatic heterocycles. The van der Waals surface area contributed by atoms with Crippen molar-refractivity contribution in [2.45, 2.75) is 31.7 Å². The highest BCUT2D eigenvalue weighted by molar-refractivity contribution is 5.76. The Kier molecular flexibility index (Phi) is 3.69. The number of carbonyl (C=O) groups is 1. The number of amides is 1. The summed E-state index contributed by atoms with van der Waals surface area (Å²) in [5, 5.41) is 6.41. The van der Waals surface area contributed by atoms with Gasteiger partial charge in [-0.15, -0.1) is 0 Å². The minimum atomic E-state index is 0.177. The second-order valence-corrected chi connectivity index (χ2v) is 5.28. The van der Waals surface area contributed by atoms with Crippen LogP contribution in [0.4, 0.5) is 0 Å². The predicted octanol–water partition coefficient (Wildman–Crippen LogP) is 1.03. The summed E-state index contributed by atoms with van der Waals surface area (Å²) >= 11 is 0. The van der Waals surface area contributed by atoms with Gasteiger partial charge in [0.15, 0.2) is 0 Å². The van der Waals surface area contributed by atoms with Crippen molar-refractivity contribution in [3.05, 3.63) is 29.3 Å². The zero-order chi connectivity index (χ0) is 13.1. The lowest BCUT2D eigenvalue weighted by molar-refractivity contribution is -0.122. The molecule has 1 amide bonds. The van der Waals surface area contributed by atoms with E-state index in [0.29, 0.717) is 12.5 Å². The summed E-state index contributed by atoms with van der Waals surface area (Å²) in [5.41, 5.74) is 2.69. The third-order valence-corrected chi connectivity index (χ3v) is 3.87. The van der Waals surface area contributed by atoms with Gasteiger partial charge in [0.05, 0.1) is 6.61 Å². The number of ether oxygens (including phenoxy) is 1. The zero-order valence-electron chi connectivity index (χ0n) is 11.1. The molecule has 1 atom stereocenters. The minimum Gasteiger partial charge on any atom is -0.493 e. The Labute approximate surface area is 113 Å². The standard InChI is InChI=1S/C15H20N2O2/c18-15-4-2-13(10-17-15)16-7-5-11-1-3-14-12(9-11)6-8-19-14/h1,3,9,13,16H,2,4-8,10H2,(H,17,18). The van der Waals surface area contributed by atoms with Crippen LogP contribution in [0.5, 0.6) is 5.75 Å². The van der Waals surface area contributed by atoms with Gasteiger partial charge in [0.2, 0.25) is 5.91 Å². The van der Waals surface area contributed by atoms with E-state index in [1.165, 1.54) is 11.1 Å². The Morgan fingerprint density at radius 2 is 2.32 bits per heavy atom. The van der Waals surface area contributed by atoms with Gasteiger partial charge in [-0.1, -0.05) is 12.1 Å². The summed E-state index contributed by atoms with van der Waals surface area (Å²) in [6, 6.07) is 6.91. The van der Waals surface area contributed by atoms with Gasteiger partial charge in [-0.25, -0.2) is 0 Å². The van der Waals surface area contributed by atoms with E-state index in [4.69, 9.17) is 4.74 Å². The summed E-state index contributed by atoms with van der Waals surface area (Å²) in [5.74, 6) is 1.23. The highest BCUT2D eigenvalue weighted by Crippen LogP contribution is 2.25. The molecule has 0 radical (unpaired) electrons. The first-order chi connectivity index (χ1) is 9.31. The third-order valence-electron chi connectivity index (χ3n) is 3.87. The summed E-state index contributed by atoms with van der Waals surface area (Å²) in [4.78, 5) is 11.1. The van der Waals surface area contributed by atoms with Gasteiger partial charge < -0.3 is 15.4 Å². The van der Waals surface area contributed by atoms with Gasteiger partial charge in [0.1, 0.15) is 5.75 Å². The van der Waals surface area contributed by atoms with Crippen LogP contribution in [-0.2, 0) is 17.6 Å². The van der Waals surface area contributed by atoms with Crippen LogP contribution in [0.2, 0.25) is 0 Å². The molecular weight excluding hydrogens is 240 g/mol. The molecule has 2 aliphatic heterocycles. The molecule has 1 saturated heterocycles. The molecule has 4 heteroatoms. The molecule has 0 spiro atoms. The molecule has 0 saturated carbocycles. The number of carbonyl (C=O) groups excluding carboxylic acids is 1. The fourth-order valence-electron chi connectivity index (χ4n) is 2.72. The molecular formula is C15H20N2O2. The van der Waals surface area contributed by atoms with Gasteiger partial charge in [0, 0.05) is 25.4 Å². The average Bonchev–Trinajstić information content (AvgIpc) is 2.88. The Hall–Kier alpha value is -1.55. The van der Waals surface area contributed by atoms with E-state index < -0.39 is 0 Å². The molecule has 3 rings (SSSR count). The second kappa shape index (κ2) is 5.61. The Morgan fingerprint density at radius 3 is 3.16 bits per heavy atom. The summed E-state index contributed by atoms with van der Waals surface area (Å²) in [7, 11) is 0. The van der Waals surface area contributed by atoms with Crippen LogP contribution in [0.15, 0.2) is 18.2 Å². The lowest BCUT2D eigenvalue weighted by Crippen LogP contribution is -2.46. The molecule has 0 bridgehead atoms. The zero-order valence-corrected chi connectivity index (χ0v) is 11.1. The first-order valence-corrected chi connectivity index (χ1v) is 7.06. The highest BCUT2D eigenvalue weighted by Gasteiger charge is 2.17. The maximum absolute atomic E-state index is 11.1. The lowest BCUT2D eigenvalue weighted by Gasteiger charge is -2.23. The number of nitrogens with one attached hydrogen (secondary N) is 2. The molecule has 4 nitrogen and oxygen atoms in total. The van der Waals surface area contributed by atoms with Crippen molar-refractivity contribution < 1.29 is 9.53 Å². The van der Waals surface area contributed by atoms with Crippen LogP contribution in [0.3, 0.4) is 0 Å². The summed E-state index contributed by atoms with van der Waals surface area (Å²) < 4.78 is 5.51. The fraction of sp³-hybridized carbons (Fsp3) is 0.533. The molecule has 2 N–H and O–H groups in total. The van der Waals surface area contributed by atoms with Crippen molar-refractivity contribution in [3.8, 4) is 5.75 Å². The van der Waals surface area contributed by atoms with E-state index in [0.717, 1.165) is 44.7 Å². The van der Waals surface area contributed by atoms with Crippen LogP contribution in [-0.4, -0.2) is 31.6 Å². The quantitative estimate of drug-likeness (QED) is 0.850. The number of hydrogen-bond donors (Lipinski definition) is 2. The van der Waals surface area contributed by atoms with Gasteiger partial charge in [0.25, 0.3) is 0 Å². The van der Waals surface area contributed by atoms with Crippen LogP contribution in [0.25, 0.3) is 0 Å². The van der Waals surface area contributed by atoms with Crippen molar-refractivity contribution in [2.24, 2.45) is 0 Å². The minimum absolute atomic E-state index is 0.177. The first-order valence-electron chi connectivity index (χ1n) is 7.06. The molecule has 1 aromatic rings. The van der Waals surface area contributed by atoms with Crippen molar-refractivity contribution >= 4 is 5.91 Å². The average molecular weight is 260 g/mol. The van der Waals surface area contributed by atoms with Gasteiger partial charge in [-0.05, 0) is 36.6 Å². The second-order valence-electron chi connectivity index (χ2n) is 5.28. The topological polar surface area (TPSA) is 50.4 Å². The van der Waals surface area contributed by atoms with Gasteiger partial charge in [-0.2, -0.15) is 0 Å². The van der Waals surface area contributed by atoms with Crippen molar-refractivity contribution in [1.29, 1.82) is 0 Å². The molecule has 1 aromatic carbocycles. The lowest BCUT2D eigenvalue weighted by atomic mass is 10.0. The molecule has 19 heavy (non-hydrogen) atoms. The van der Waals surface area contributed by atoms with E-state index in [1.54, 1.807) is 0 Å². The number of piperidine rings is 1. The monoisotopic (exact) mass is 260 g/mol. The van der Waals surface area contributed by atoms with E-state index >= 15 is 0 Å². The number of fused-ring (bicyclic) bond motifs is 1. The van der Waals surface area contributed by atoms with Gasteiger partial charge in [-0.3, -0.25) is 4.79 Å². The van der Waals surface area contributed by atoms with Crippen molar-refractivity contribution in [3.63, 3.8) is 0 Å². The fourth-order valence-corrected chi connectivity index (χ4v) is 2.72. The Morgan fingerprint density at radius 1 is 1.37 bits per heavy atom. The molecule has 1 fully saturated rings. The van der Waals surface area contributed by atoms with Crippen molar-refractivity contribution in [2.75, 3.05) is 19.7 Å². The third kappa shape index (κ3) is 3.07. The summed E-state index contributed by atoms with van der Waals surface area (Å²) in [6.45, 7) is 2.54. The SMILES string of the molecule is O=C1CCC(NCCc2ccc3c(c2)CCO3)CN1. The summed E-state index contributed by atoms with van der Waals surface area (Å²) in [6.07, 6.45) is 3.65. The normalized spacial score (nSPS) is 21.7. The number of rotatable bonds is 4. The molecule has 1 unspecified atom stereocenters. The molecule has 102 valence electrons. The maximum atomic E-state index is 11.1. The first kappa shape index (κ1) is 12.5. The van der Waals surface area contributed by atoms with Gasteiger partial charge >= 0.3 is 0 Å². The van der Waals surface area contributed by atoms with E-state index in [2.05, 4.69) is 28.8 Å². The van der Waals surface area contributed by atoms with Crippen LogP contribution < -0.4 is 15.4 Å². The highest BCUT2D eigenvalue weighted by atomic mass is 16.5. The Bertz CT molecular complexity index is 463. The Balaban J connectivity index is 1.46. The number of benzene rings is 1. The largest absolute Gasteiger partial charge is 0.493 e. The van der Waals surface area contributed by atoms with E-state index in [1.807, 2.05) is 0 Å².